The minimum atomic E-state index is 0. The van der Waals surface area contributed by atoms with E-state index in [1.807, 2.05) is 33.9 Å². The molecule has 3 heterocycles. The van der Waals surface area contributed by atoms with Crippen molar-refractivity contribution in [3.63, 3.8) is 0 Å². The van der Waals surface area contributed by atoms with Crippen LogP contribution >= 0.6 is 11.3 Å². The van der Waals surface area contributed by atoms with E-state index in [0.717, 1.165) is 75.8 Å². The number of rotatable bonds is 13. The van der Waals surface area contributed by atoms with Gasteiger partial charge in [-0.05, 0) is 132 Å². The maximum Gasteiger partial charge on any atom is 0.162 e. The Morgan fingerprint density at radius 3 is 1.79 bits per heavy atom. The normalized spacial score (nSPS) is 11.8. The van der Waals surface area contributed by atoms with Crippen molar-refractivity contribution in [3.8, 4) is 55.2 Å². The molecule has 5 nitrogen and oxygen atoms in total. The number of carbonyl (C=O) groups excluding carboxylic acids is 1. The van der Waals surface area contributed by atoms with E-state index in [0.29, 0.717) is 5.41 Å². The van der Waals surface area contributed by atoms with Crippen LogP contribution < -0.4 is 0 Å². The van der Waals surface area contributed by atoms with Gasteiger partial charge < -0.3 is 10.1 Å². The number of aromatic nitrogens is 3. The second kappa shape index (κ2) is 27.4. The van der Waals surface area contributed by atoms with E-state index in [-0.39, 0.29) is 48.9 Å². The summed E-state index contributed by atoms with van der Waals surface area (Å²) in [4.78, 5) is 27.1. The zero-order valence-corrected chi connectivity index (χ0v) is 53.5. The van der Waals surface area contributed by atoms with Crippen molar-refractivity contribution < 1.29 is 30.0 Å². The smallest absolute Gasteiger partial charge is 0.162 e. The topological polar surface area (TPSA) is 76.0 Å². The first kappa shape index (κ1) is 62.8. The Kier molecular flexibility index (Phi) is 21.5. The summed E-state index contributed by atoms with van der Waals surface area (Å²) in [7, 11) is 0. The first-order valence-electron chi connectivity index (χ1n) is 28.4. The second-order valence-electron chi connectivity index (χ2n) is 23.8. The second-order valence-corrected chi connectivity index (χ2v) is 24.8. The summed E-state index contributed by atoms with van der Waals surface area (Å²) < 4.78 is 1.13. The molecular formula is C73H83IrN3O2S-2. The number of aliphatic hydroxyl groups is 1. The summed E-state index contributed by atoms with van der Waals surface area (Å²) in [5.74, 6) is 0.547. The average Bonchev–Trinajstić information content (AvgIpc) is 3.73. The van der Waals surface area contributed by atoms with E-state index in [1.165, 1.54) is 83.1 Å². The summed E-state index contributed by atoms with van der Waals surface area (Å²) in [6.07, 6.45) is 9.59. The van der Waals surface area contributed by atoms with Crippen LogP contribution in [0, 0.1) is 70.9 Å². The summed E-state index contributed by atoms with van der Waals surface area (Å²) >= 11 is 1.81. The Bertz CT molecular complexity index is 3540. The van der Waals surface area contributed by atoms with Gasteiger partial charge in [0.15, 0.2) is 5.78 Å². The van der Waals surface area contributed by atoms with Crippen LogP contribution in [0.2, 0.25) is 0 Å². The number of ketones is 1. The number of aryl methyl sites for hydroxylation is 6. The third-order valence-electron chi connectivity index (χ3n) is 15.0. The largest absolute Gasteiger partial charge is 0.512 e. The van der Waals surface area contributed by atoms with E-state index in [2.05, 4.69) is 215 Å². The van der Waals surface area contributed by atoms with E-state index < -0.39 is 0 Å². The number of allylic oxidation sites excluding steroid dienone is 2. The van der Waals surface area contributed by atoms with Gasteiger partial charge in [-0.15, -0.1) is 75.4 Å². The van der Waals surface area contributed by atoms with E-state index in [1.54, 1.807) is 17.7 Å². The van der Waals surface area contributed by atoms with E-state index >= 15 is 0 Å². The average molecular weight is 1260 g/mol. The van der Waals surface area contributed by atoms with Gasteiger partial charge in [0.05, 0.1) is 11.3 Å². The van der Waals surface area contributed by atoms with Gasteiger partial charge >= 0.3 is 0 Å². The first-order chi connectivity index (χ1) is 37.5. The number of pyridine rings is 1. The molecule has 0 amide bonds. The Labute approximate surface area is 496 Å². The van der Waals surface area contributed by atoms with Crippen LogP contribution in [0.1, 0.15) is 139 Å². The molecular weight excluding hydrogens is 1180 g/mol. The van der Waals surface area contributed by atoms with E-state index in [9.17, 15) is 9.90 Å². The van der Waals surface area contributed by atoms with Crippen LogP contribution in [0.3, 0.4) is 0 Å². The zero-order valence-electron chi connectivity index (χ0n) is 50.3. The summed E-state index contributed by atoms with van der Waals surface area (Å²) in [6, 6.07) is 48.7. The molecule has 0 saturated heterocycles. The molecule has 6 aromatic carbocycles. The van der Waals surface area contributed by atoms with Crippen molar-refractivity contribution in [2.45, 2.75) is 148 Å². The van der Waals surface area contributed by atoms with Crippen LogP contribution in [0.5, 0.6) is 0 Å². The minimum Gasteiger partial charge on any atom is -0.512 e. The molecule has 0 aliphatic rings. The van der Waals surface area contributed by atoms with Gasteiger partial charge in [0, 0.05) is 59.5 Å². The maximum atomic E-state index is 11.7. The number of fused-ring (bicyclic) bond motifs is 2. The first-order valence-corrected chi connectivity index (χ1v) is 29.2. The van der Waals surface area contributed by atoms with Crippen molar-refractivity contribution in [1.29, 1.82) is 0 Å². The Hall–Kier alpha value is -6.37. The molecule has 7 heteroatoms. The molecule has 1 radical (unpaired) electrons. The molecule has 0 bridgehead atoms. The zero-order chi connectivity index (χ0) is 57.3. The summed E-state index contributed by atoms with van der Waals surface area (Å²) in [5.41, 5.74) is 21.8. The van der Waals surface area contributed by atoms with Crippen molar-refractivity contribution in [3.05, 3.63) is 196 Å². The van der Waals surface area contributed by atoms with Crippen LogP contribution in [0.25, 0.3) is 76.2 Å². The van der Waals surface area contributed by atoms with Gasteiger partial charge in [-0.2, -0.15) is 0 Å². The minimum absolute atomic E-state index is 0. The predicted octanol–water partition coefficient (Wildman–Crippen LogP) is 20.5. The van der Waals surface area contributed by atoms with E-state index in [4.69, 9.17) is 9.97 Å². The van der Waals surface area contributed by atoms with Crippen LogP contribution in [-0.2, 0) is 36.7 Å². The molecule has 0 saturated carbocycles. The fourth-order valence-corrected chi connectivity index (χ4v) is 12.3. The van der Waals surface area contributed by atoms with Crippen LogP contribution in [0.15, 0.2) is 140 Å². The summed E-state index contributed by atoms with van der Waals surface area (Å²) in [5, 5.41) is 12.1. The quantitative estimate of drug-likeness (QED) is 0.0707. The number of hydrogen-bond acceptors (Lipinski definition) is 6. The molecule has 80 heavy (non-hydrogen) atoms. The van der Waals surface area contributed by atoms with Gasteiger partial charge in [0.25, 0.3) is 0 Å². The number of aliphatic hydroxyl groups excluding tert-OH is 1. The molecule has 0 atom stereocenters. The molecule has 0 spiro atoms. The Morgan fingerprint density at radius 1 is 0.637 bits per heavy atom. The van der Waals surface area contributed by atoms with Crippen LogP contribution in [-0.4, -0.2) is 25.8 Å². The SMILES string of the molecule is CCC(CC)C(=O)/C=C(\O)C(CC)CC.Cc1[c-]c(-c2cc(-c3ccc(-c4ccc(CC(C)(C)C)cc4)cc3)ccn2)cc(C)c1.Cc1cc(C)c(-c2sc3c(-c4[c-]c5ccccc5c(C(C)(C)C)c4)ncnc3c2C)c(C)c1.[Ir]. The van der Waals surface area contributed by atoms with Crippen molar-refractivity contribution in [1.82, 2.24) is 15.0 Å². The molecule has 0 aliphatic carbocycles. The van der Waals surface area contributed by atoms with Crippen molar-refractivity contribution in [2.24, 2.45) is 17.3 Å². The van der Waals surface area contributed by atoms with Crippen molar-refractivity contribution >= 4 is 38.1 Å². The number of hydrogen-bond donors (Lipinski definition) is 1. The molecule has 0 unspecified atom stereocenters. The van der Waals surface area contributed by atoms with Gasteiger partial charge in [-0.25, -0.2) is 4.98 Å². The third-order valence-corrected chi connectivity index (χ3v) is 16.3. The fraction of sp³-hybridized carbons (Fsp3) is 0.342. The fourth-order valence-electron chi connectivity index (χ4n) is 10.8. The van der Waals surface area contributed by atoms with Gasteiger partial charge in [0.1, 0.15) is 6.33 Å². The van der Waals surface area contributed by atoms with Gasteiger partial charge in [-0.3, -0.25) is 9.78 Å². The van der Waals surface area contributed by atoms with Gasteiger partial charge in [0.2, 0.25) is 0 Å². The van der Waals surface area contributed by atoms with Crippen LogP contribution in [0.4, 0.5) is 0 Å². The molecule has 3 aromatic heterocycles. The number of benzene rings is 6. The third kappa shape index (κ3) is 15.5. The summed E-state index contributed by atoms with van der Waals surface area (Å²) in [6.45, 7) is 34.7. The molecule has 1 N–H and O–H groups in total. The molecule has 9 aromatic rings. The predicted molar refractivity (Wildman–Crippen MR) is 338 cm³/mol. The maximum absolute atomic E-state index is 11.7. The molecule has 9 rings (SSSR count). The molecule has 0 aliphatic heterocycles. The molecule has 0 fully saturated rings. The molecule has 419 valence electrons. The monoisotopic (exact) mass is 1260 g/mol. The number of nitrogens with zero attached hydrogens (tertiary/aromatic N) is 3. The van der Waals surface area contributed by atoms with Crippen molar-refractivity contribution in [2.75, 3.05) is 0 Å². The Balaban J connectivity index is 0.000000206. The Morgan fingerprint density at radius 2 is 1.21 bits per heavy atom. The van der Waals surface area contributed by atoms with Gasteiger partial charge in [-0.1, -0.05) is 185 Å². The number of carbonyl (C=O) groups is 1. The number of thiophene rings is 1. The standard InChI is InChI=1S/C30H29N2S.C30H30N.C13H24O2.Ir/c1-17-12-18(2)25(19(3)13-17)28-20(4)26-29(33-28)27(32-16-31-26)22-14-21-10-8-9-11-23(21)24(15-22)30(5,6)7;1-21-16-22(2)18-28(17-21)29-19-27(14-15-31-29)26-12-10-25(11-13-26)24-8-6-23(7-9-24)20-30(3,4)5;1-5-10(6-2)12(14)9-13(15)11(7-3)8-4;/h8-13,15-16H,1-7H3;6-17,19H,20H2,1-5H3;9-11,14H,5-8H2,1-4H3;/q2*-1;;/b;;12-9-;.